The van der Waals surface area contributed by atoms with Crippen LogP contribution in [0.3, 0.4) is 0 Å². The van der Waals surface area contributed by atoms with Crippen molar-refractivity contribution in [3.8, 4) is 5.75 Å². The molecule has 1 atom stereocenters. The second kappa shape index (κ2) is 9.99. The number of hydrogen-bond acceptors (Lipinski definition) is 4. The van der Waals surface area contributed by atoms with Crippen LogP contribution in [0.4, 0.5) is 0 Å². The maximum atomic E-state index is 12.9. The van der Waals surface area contributed by atoms with Gasteiger partial charge in [0.2, 0.25) is 5.91 Å². The third kappa shape index (κ3) is 5.52. The van der Waals surface area contributed by atoms with Crippen molar-refractivity contribution in [2.45, 2.75) is 55.5 Å². The summed E-state index contributed by atoms with van der Waals surface area (Å²) in [6.07, 6.45) is 2.99. The minimum absolute atomic E-state index is 0.195. The number of hydrogen-bond donors (Lipinski definition) is 2. The number of rotatable bonds is 8. The lowest BCUT2D eigenvalue weighted by molar-refractivity contribution is -0.132. The van der Waals surface area contributed by atoms with Crippen molar-refractivity contribution in [3.05, 3.63) is 54.1 Å². The van der Waals surface area contributed by atoms with Crippen LogP contribution in [0.2, 0.25) is 0 Å². The molecule has 0 spiro atoms. The molecule has 0 bridgehead atoms. The standard InChI is InChI=1S/C23H30N2O2S/c1-17(2)15-20(23(27)25-13-6-7-14-25)24-16-18-9-8-12-21(22(18)26)28-19-10-4-3-5-11-19/h3-5,8-12,17,20,24,26H,6-7,13-16H2,1-2H3/t20-/m0/s1. The van der Waals surface area contributed by atoms with E-state index in [1.165, 1.54) is 0 Å². The van der Waals surface area contributed by atoms with Gasteiger partial charge in [-0.05, 0) is 43.4 Å². The highest BCUT2D eigenvalue weighted by molar-refractivity contribution is 7.99. The Balaban J connectivity index is 1.68. The average Bonchev–Trinajstić information content (AvgIpc) is 3.22. The molecule has 28 heavy (non-hydrogen) atoms. The van der Waals surface area contributed by atoms with Crippen molar-refractivity contribution in [2.24, 2.45) is 5.92 Å². The van der Waals surface area contributed by atoms with E-state index in [9.17, 15) is 9.90 Å². The highest BCUT2D eigenvalue weighted by atomic mass is 32.2. The summed E-state index contributed by atoms with van der Waals surface area (Å²) in [6, 6.07) is 15.6. The Kier molecular flexibility index (Phi) is 7.40. The molecule has 5 heteroatoms. The quantitative estimate of drug-likeness (QED) is 0.678. The summed E-state index contributed by atoms with van der Waals surface area (Å²) in [4.78, 5) is 16.8. The largest absolute Gasteiger partial charge is 0.506 e. The van der Waals surface area contributed by atoms with Crippen molar-refractivity contribution in [2.75, 3.05) is 13.1 Å². The molecule has 0 unspecified atom stereocenters. The van der Waals surface area contributed by atoms with Crippen LogP contribution in [-0.2, 0) is 11.3 Å². The van der Waals surface area contributed by atoms with E-state index >= 15 is 0 Å². The molecule has 2 aromatic rings. The van der Waals surface area contributed by atoms with Gasteiger partial charge < -0.3 is 15.3 Å². The normalized spacial score (nSPS) is 15.2. The first kappa shape index (κ1) is 20.7. The maximum absolute atomic E-state index is 12.9. The van der Waals surface area contributed by atoms with Gasteiger partial charge in [0.1, 0.15) is 5.75 Å². The van der Waals surface area contributed by atoms with E-state index in [0.29, 0.717) is 18.2 Å². The van der Waals surface area contributed by atoms with E-state index in [1.54, 1.807) is 11.8 Å². The van der Waals surface area contributed by atoms with Crippen LogP contribution < -0.4 is 5.32 Å². The third-order valence-corrected chi connectivity index (χ3v) is 6.07. The summed E-state index contributed by atoms with van der Waals surface area (Å²) in [6.45, 7) is 6.49. The Morgan fingerprint density at radius 2 is 1.82 bits per heavy atom. The van der Waals surface area contributed by atoms with Gasteiger partial charge in [0.15, 0.2) is 0 Å². The fourth-order valence-corrected chi connectivity index (χ4v) is 4.46. The average molecular weight is 399 g/mol. The number of carbonyl (C=O) groups is 1. The van der Waals surface area contributed by atoms with Gasteiger partial charge in [-0.2, -0.15) is 0 Å². The van der Waals surface area contributed by atoms with Gasteiger partial charge in [0.25, 0.3) is 0 Å². The molecular weight excluding hydrogens is 368 g/mol. The Morgan fingerprint density at radius 3 is 2.50 bits per heavy atom. The molecule has 4 nitrogen and oxygen atoms in total. The highest BCUT2D eigenvalue weighted by Gasteiger charge is 2.27. The molecule has 2 N–H and O–H groups in total. The van der Waals surface area contributed by atoms with Crippen LogP contribution in [0.5, 0.6) is 5.75 Å². The van der Waals surface area contributed by atoms with Crippen molar-refractivity contribution in [1.29, 1.82) is 0 Å². The zero-order chi connectivity index (χ0) is 19.9. The molecular formula is C23H30N2O2S. The van der Waals surface area contributed by atoms with Crippen molar-refractivity contribution < 1.29 is 9.90 Å². The molecule has 3 rings (SSSR count). The zero-order valence-corrected chi connectivity index (χ0v) is 17.5. The van der Waals surface area contributed by atoms with Crippen molar-refractivity contribution in [3.63, 3.8) is 0 Å². The molecule has 0 radical (unpaired) electrons. The predicted octanol–water partition coefficient (Wildman–Crippen LogP) is 4.67. The molecule has 0 aliphatic carbocycles. The minimum Gasteiger partial charge on any atom is -0.506 e. The summed E-state index contributed by atoms with van der Waals surface area (Å²) in [7, 11) is 0. The number of phenolic OH excluding ortho intramolecular Hbond substituents is 1. The molecule has 1 aliphatic heterocycles. The van der Waals surface area contributed by atoms with Crippen LogP contribution in [0.1, 0.15) is 38.7 Å². The molecule has 0 aromatic heterocycles. The first-order chi connectivity index (χ1) is 13.5. The monoisotopic (exact) mass is 398 g/mol. The number of aromatic hydroxyl groups is 1. The van der Waals surface area contributed by atoms with Crippen LogP contribution in [0.25, 0.3) is 0 Å². The van der Waals surface area contributed by atoms with E-state index in [1.807, 2.05) is 53.4 Å². The fraction of sp³-hybridized carbons (Fsp3) is 0.435. The topological polar surface area (TPSA) is 52.6 Å². The lowest BCUT2D eigenvalue weighted by atomic mass is 10.0. The Morgan fingerprint density at radius 1 is 1.11 bits per heavy atom. The number of benzene rings is 2. The van der Waals surface area contributed by atoms with Gasteiger partial charge in [0.05, 0.1) is 10.9 Å². The molecule has 0 saturated carbocycles. The number of para-hydroxylation sites is 1. The minimum atomic E-state index is -0.206. The Bertz CT molecular complexity index is 773. The van der Waals surface area contributed by atoms with Gasteiger partial charge in [-0.1, -0.05) is 55.9 Å². The van der Waals surface area contributed by atoms with Gasteiger partial charge >= 0.3 is 0 Å². The van der Waals surface area contributed by atoms with Crippen LogP contribution in [0, 0.1) is 5.92 Å². The SMILES string of the molecule is CC(C)C[C@H](NCc1cccc(Sc2ccccc2)c1O)C(=O)N1CCCC1. The zero-order valence-electron chi connectivity index (χ0n) is 16.7. The number of carbonyl (C=O) groups excluding carboxylic acids is 1. The number of likely N-dealkylation sites (tertiary alicyclic amines) is 1. The number of nitrogens with one attached hydrogen (secondary N) is 1. The highest BCUT2D eigenvalue weighted by Crippen LogP contribution is 2.36. The van der Waals surface area contributed by atoms with E-state index < -0.39 is 0 Å². The first-order valence-corrected chi connectivity index (χ1v) is 10.9. The molecule has 1 fully saturated rings. The number of nitrogens with zero attached hydrogens (tertiary/aromatic N) is 1. The first-order valence-electron chi connectivity index (χ1n) is 10.1. The Hall–Kier alpha value is -1.98. The molecule has 150 valence electrons. The lowest BCUT2D eigenvalue weighted by Crippen LogP contribution is -2.45. The lowest BCUT2D eigenvalue weighted by Gasteiger charge is -2.25. The summed E-state index contributed by atoms with van der Waals surface area (Å²) >= 11 is 1.55. The van der Waals surface area contributed by atoms with Gasteiger partial charge in [-0.25, -0.2) is 0 Å². The summed E-state index contributed by atoms with van der Waals surface area (Å²) in [5.41, 5.74) is 0.823. The van der Waals surface area contributed by atoms with Crippen LogP contribution in [-0.4, -0.2) is 35.0 Å². The molecule has 2 aromatic carbocycles. The molecule has 1 aliphatic rings. The third-order valence-electron chi connectivity index (χ3n) is 5.02. The predicted molar refractivity (Wildman–Crippen MR) is 115 cm³/mol. The summed E-state index contributed by atoms with van der Waals surface area (Å²) in [5.74, 6) is 0.916. The summed E-state index contributed by atoms with van der Waals surface area (Å²) in [5, 5.41) is 14.2. The second-order valence-electron chi connectivity index (χ2n) is 7.77. The van der Waals surface area contributed by atoms with E-state index in [-0.39, 0.29) is 11.9 Å². The number of phenols is 1. The smallest absolute Gasteiger partial charge is 0.239 e. The molecule has 1 heterocycles. The van der Waals surface area contributed by atoms with E-state index in [0.717, 1.165) is 47.7 Å². The van der Waals surface area contributed by atoms with Crippen LogP contribution in [0.15, 0.2) is 58.3 Å². The van der Waals surface area contributed by atoms with Crippen molar-refractivity contribution in [1.82, 2.24) is 10.2 Å². The van der Waals surface area contributed by atoms with Gasteiger partial charge in [-0.15, -0.1) is 0 Å². The van der Waals surface area contributed by atoms with Crippen molar-refractivity contribution >= 4 is 17.7 Å². The van der Waals surface area contributed by atoms with E-state index in [2.05, 4.69) is 19.2 Å². The Labute approximate surface area is 172 Å². The van der Waals surface area contributed by atoms with Gasteiger partial charge in [-0.3, -0.25) is 4.79 Å². The summed E-state index contributed by atoms with van der Waals surface area (Å²) < 4.78 is 0. The van der Waals surface area contributed by atoms with Gasteiger partial charge in [0, 0.05) is 30.1 Å². The molecule has 1 saturated heterocycles. The maximum Gasteiger partial charge on any atom is 0.239 e. The fourth-order valence-electron chi connectivity index (χ4n) is 3.54. The van der Waals surface area contributed by atoms with Crippen LogP contribution >= 0.6 is 11.8 Å². The molecule has 1 amide bonds. The van der Waals surface area contributed by atoms with E-state index in [4.69, 9.17) is 0 Å². The number of amides is 1. The second-order valence-corrected chi connectivity index (χ2v) is 8.89.